The van der Waals surface area contributed by atoms with Crippen molar-refractivity contribution in [3.63, 3.8) is 0 Å². The van der Waals surface area contributed by atoms with E-state index in [0.717, 1.165) is 10.9 Å². The van der Waals surface area contributed by atoms with Crippen LogP contribution in [0.2, 0.25) is 0 Å². The van der Waals surface area contributed by atoms with E-state index in [0.29, 0.717) is 5.39 Å². The number of hydrogen-bond donors (Lipinski definition) is 2. The first-order valence-electron chi connectivity index (χ1n) is 6.42. The van der Waals surface area contributed by atoms with Gasteiger partial charge in [-0.1, -0.05) is 12.1 Å². The van der Waals surface area contributed by atoms with E-state index in [1.54, 1.807) is 49.9 Å². The zero-order valence-electron chi connectivity index (χ0n) is 11.3. The Labute approximate surface area is 122 Å². The number of aromatic nitrogens is 3. The molecule has 108 valence electrons. The second-order valence-corrected chi connectivity index (χ2v) is 6.41. The third kappa shape index (κ3) is 2.65. The lowest BCUT2D eigenvalue weighted by Gasteiger charge is -2.14. The van der Waals surface area contributed by atoms with Gasteiger partial charge in [0, 0.05) is 41.0 Å². The molecule has 0 bridgehead atoms. The number of nitrogens with zero attached hydrogens (tertiary/aromatic N) is 2. The Kier molecular flexibility index (Phi) is 3.44. The van der Waals surface area contributed by atoms with Gasteiger partial charge in [-0.05, 0) is 19.1 Å². The molecule has 0 fully saturated rings. The molecule has 3 aromatic rings. The van der Waals surface area contributed by atoms with Crippen LogP contribution in [0.15, 0.2) is 53.9 Å². The number of pyridine rings is 1. The number of nitrogens with one attached hydrogen (secondary N) is 2. The Hall–Kier alpha value is -2.25. The molecule has 21 heavy (non-hydrogen) atoms. The van der Waals surface area contributed by atoms with E-state index in [1.165, 1.54) is 0 Å². The molecule has 0 saturated carbocycles. The Balaban J connectivity index is 2.01. The van der Waals surface area contributed by atoms with Crippen molar-refractivity contribution >= 4 is 20.8 Å². The van der Waals surface area contributed by atoms with Crippen LogP contribution in [0.5, 0.6) is 0 Å². The molecule has 7 heteroatoms. The topological polar surface area (TPSA) is 87.7 Å². The number of benzene rings is 1. The molecule has 3 rings (SSSR count). The number of H-pyrrole nitrogens is 1. The Morgan fingerprint density at radius 2 is 2.10 bits per heavy atom. The minimum atomic E-state index is -3.63. The largest absolute Gasteiger partial charge is 0.285 e. The molecule has 0 aliphatic carbocycles. The van der Waals surface area contributed by atoms with Gasteiger partial charge in [-0.3, -0.25) is 10.1 Å². The van der Waals surface area contributed by atoms with Crippen LogP contribution < -0.4 is 4.72 Å². The van der Waals surface area contributed by atoms with Crippen molar-refractivity contribution in [3.8, 4) is 0 Å². The van der Waals surface area contributed by atoms with Crippen LogP contribution in [0.25, 0.3) is 10.8 Å². The zero-order chi connectivity index (χ0) is 14.9. The fourth-order valence-corrected chi connectivity index (χ4v) is 3.65. The van der Waals surface area contributed by atoms with Gasteiger partial charge < -0.3 is 0 Å². The van der Waals surface area contributed by atoms with Crippen molar-refractivity contribution in [1.29, 1.82) is 0 Å². The molecular weight excluding hydrogens is 288 g/mol. The van der Waals surface area contributed by atoms with Crippen molar-refractivity contribution in [2.75, 3.05) is 0 Å². The van der Waals surface area contributed by atoms with Crippen molar-refractivity contribution in [1.82, 2.24) is 19.9 Å². The molecule has 0 amide bonds. The molecule has 1 unspecified atom stereocenters. The average Bonchev–Trinajstić information content (AvgIpc) is 3.00. The van der Waals surface area contributed by atoms with Crippen LogP contribution in [-0.2, 0) is 10.0 Å². The van der Waals surface area contributed by atoms with Crippen molar-refractivity contribution in [3.05, 3.63) is 54.6 Å². The molecule has 2 heterocycles. The summed E-state index contributed by atoms with van der Waals surface area (Å²) < 4.78 is 27.8. The normalized spacial score (nSPS) is 13.4. The first-order chi connectivity index (χ1) is 10.1. The predicted molar refractivity (Wildman–Crippen MR) is 79.1 cm³/mol. The van der Waals surface area contributed by atoms with Crippen LogP contribution in [0.3, 0.4) is 0 Å². The Bertz CT molecular complexity index is 854. The third-order valence-electron chi connectivity index (χ3n) is 3.28. The maximum absolute atomic E-state index is 12.6. The smallest absolute Gasteiger partial charge is 0.241 e. The zero-order valence-corrected chi connectivity index (χ0v) is 12.1. The van der Waals surface area contributed by atoms with Gasteiger partial charge in [0.2, 0.25) is 10.0 Å². The Morgan fingerprint density at radius 3 is 2.86 bits per heavy atom. The Morgan fingerprint density at radius 1 is 1.24 bits per heavy atom. The summed E-state index contributed by atoms with van der Waals surface area (Å²) in [7, 11) is -3.63. The molecule has 0 aliphatic rings. The average molecular weight is 302 g/mol. The van der Waals surface area contributed by atoms with Gasteiger partial charge in [0.1, 0.15) is 0 Å². The predicted octanol–water partition coefficient (Wildman–Crippen LogP) is 2.00. The van der Waals surface area contributed by atoms with Crippen LogP contribution in [-0.4, -0.2) is 23.6 Å². The van der Waals surface area contributed by atoms with Crippen LogP contribution in [0.4, 0.5) is 0 Å². The fourth-order valence-electron chi connectivity index (χ4n) is 2.19. The molecule has 0 aliphatic heterocycles. The van der Waals surface area contributed by atoms with Crippen molar-refractivity contribution in [2.45, 2.75) is 17.9 Å². The van der Waals surface area contributed by atoms with Gasteiger partial charge in [0.25, 0.3) is 0 Å². The number of aromatic amines is 1. The number of hydrogen-bond acceptors (Lipinski definition) is 4. The SMILES string of the molecule is CC(NS(=O)(=O)c1cccc2cnccc12)c1cn[nH]c1. The lowest BCUT2D eigenvalue weighted by atomic mass is 10.2. The van der Waals surface area contributed by atoms with E-state index in [2.05, 4.69) is 19.9 Å². The second kappa shape index (κ2) is 5.27. The van der Waals surface area contributed by atoms with E-state index in [1.807, 2.05) is 6.07 Å². The third-order valence-corrected chi connectivity index (χ3v) is 4.88. The summed E-state index contributed by atoms with van der Waals surface area (Å²) in [4.78, 5) is 4.26. The van der Waals surface area contributed by atoms with E-state index >= 15 is 0 Å². The van der Waals surface area contributed by atoms with Gasteiger partial charge in [0.05, 0.1) is 11.1 Å². The highest BCUT2D eigenvalue weighted by Crippen LogP contribution is 2.23. The summed E-state index contributed by atoms with van der Waals surface area (Å²) in [5.41, 5.74) is 0.778. The standard InChI is InChI=1S/C14H14N4O2S/c1-10(12-8-16-17-9-12)18-21(19,20)14-4-2-3-11-7-15-6-5-13(11)14/h2-10,18H,1H3,(H,16,17). The summed E-state index contributed by atoms with van der Waals surface area (Å²) in [5.74, 6) is 0. The molecule has 1 atom stereocenters. The van der Waals surface area contributed by atoms with Gasteiger partial charge in [-0.2, -0.15) is 5.10 Å². The monoisotopic (exact) mass is 302 g/mol. The summed E-state index contributed by atoms with van der Waals surface area (Å²) in [6.07, 6.45) is 6.50. The number of sulfonamides is 1. The highest BCUT2D eigenvalue weighted by atomic mass is 32.2. The lowest BCUT2D eigenvalue weighted by Crippen LogP contribution is -2.26. The molecule has 0 radical (unpaired) electrons. The number of fused-ring (bicyclic) bond motifs is 1. The first kappa shape index (κ1) is 13.7. The summed E-state index contributed by atoms with van der Waals surface area (Å²) in [6, 6.07) is 6.46. The van der Waals surface area contributed by atoms with Crippen LogP contribution in [0, 0.1) is 0 Å². The highest BCUT2D eigenvalue weighted by molar-refractivity contribution is 7.89. The summed E-state index contributed by atoms with van der Waals surface area (Å²) in [5, 5.41) is 7.94. The van der Waals surface area contributed by atoms with E-state index in [-0.39, 0.29) is 10.9 Å². The van der Waals surface area contributed by atoms with Crippen LogP contribution in [0.1, 0.15) is 18.5 Å². The molecule has 0 spiro atoms. The molecule has 0 saturated heterocycles. The minimum absolute atomic E-state index is 0.248. The highest BCUT2D eigenvalue weighted by Gasteiger charge is 2.20. The maximum Gasteiger partial charge on any atom is 0.241 e. The van der Waals surface area contributed by atoms with E-state index in [4.69, 9.17) is 0 Å². The molecule has 6 nitrogen and oxygen atoms in total. The number of rotatable bonds is 4. The summed E-state index contributed by atoms with van der Waals surface area (Å²) >= 11 is 0. The molecular formula is C14H14N4O2S. The molecule has 1 aromatic carbocycles. The van der Waals surface area contributed by atoms with Crippen molar-refractivity contribution in [2.24, 2.45) is 0 Å². The fraction of sp³-hybridized carbons (Fsp3) is 0.143. The van der Waals surface area contributed by atoms with Gasteiger partial charge in [-0.25, -0.2) is 13.1 Å². The van der Waals surface area contributed by atoms with E-state index < -0.39 is 10.0 Å². The van der Waals surface area contributed by atoms with Crippen molar-refractivity contribution < 1.29 is 8.42 Å². The van der Waals surface area contributed by atoms with Crippen LogP contribution >= 0.6 is 0 Å². The molecule has 2 N–H and O–H groups in total. The quantitative estimate of drug-likeness (QED) is 0.771. The summed E-state index contributed by atoms with van der Waals surface area (Å²) in [6.45, 7) is 1.77. The van der Waals surface area contributed by atoms with Gasteiger partial charge >= 0.3 is 0 Å². The molecule has 2 aromatic heterocycles. The maximum atomic E-state index is 12.6. The minimum Gasteiger partial charge on any atom is -0.285 e. The first-order valence-corrected chi connectivity index (χ1v) is 7.90. The van der Waals surface area contributed by atoms with Gasteiger partial charge in [0.15, 0.2) is 0 Å². The lowest BCUT2D eigenvalue weighted by molar-refractivity contribution is 0.568. The van der Waals surface area contributed by atoms with Gasteiger partial charge in [-0.15, -0.1) is 0 Å². The second-order valence-electron chi connectivity index (χ2n) is 4.73. The van der Waals surface area contributed by atoms with E-state index in [9.17, 15) is 8.42 Å².